The molecule has 5 nitrogen and oxygen atoms in total. The number of nitrogens with one attached hydrogen (secondary N) is 1. The van der Waals surface area contributed by atoms with Crippen molar-refractivity contribution in [1.29, 1.82) is 0 Å². The smallest absolute Gasteiger partial charge is 0.246 e. The van der Waals surface area contributed by atoms with Gasteiger partial charge in [0.2, 0.25) is 5.89 Å². The maximum absolute atomic E-state index is 5.21. The molecule has 0 aliphatic rings. The molecule has 0 bridgehead atoms. The summed E-state index contributed by atoms with van der Waals surface area (Å²) >= 11 is 0. The van der Waals surface area contributed by atoms with E-state index in [-0.39, 0.29) is 0 Å². The van der Waals surface area contributed by atoms with Gasteiger partial charge in [0.15, 0.2) is 5.82 Å². The van der Waals surface area contributed by atoms with E-state index in [0.717, 1.165) is 13.1 Å². The maximum atomic E-state index is 5.21. The lowest BCUT2D eigenvalue weighted by Gasteiger charge is -2.08. The third-order valence-corrected chi connectivity index (χ3v) is 3.31. The molecule has 0 unspecified atom stereocenters. The highest BCUT2D eigenvalue weighted by Gasteiger charge is 2.09. The van der Waals surface area contributed by atoms with E-state index < -0.39 is 0 Å². The molecule has 0 aliphatic carbocycles. The number of hydrogen-bond donors (Lipinski definition) is 1. The third kappa shape index (κ3) is 2.44. The fraction of sp³-hybridized carbons (Fsp3) is 0.333. The highest BCUT2D eigenvalue weighted by molar-refractivity contribution is 5.83. The van der Waals surface area contributed by atoms with Crippen molar-refractivity contribution in [2.75, 3.05) is 6.54 Å². The molecular formula is C15H18N4O. The van der Waals surface area contributed by atoms with E-state index in [9.17, 15) is 0 Å². The SMILES string of the molecule is CCNCc1cccc2ccn(Cc3nc(C)no3)c12. The monoisotopic (exact) mass is 270 g/mol. The number of para-hydroxylation sites is 1. The van der Waals surface area contributed by atoms with Gasteiger partial charge in [-0.05, 0) is 30.5 Å². The second-order valence-corrected chi connectivity index (χ2v) is 4.81. The van der Waals surface area contributed by atoms with Gasteiger partial charge in [-0.2, -0.15) is 4.98 Å². The molecule has 1 N–H and O–H groups in total. The first-order valence-electron chi connectivity index (χ1n) is 6.84. The molecule has 0 saturated heterocycles. The molecule has 2 heterocycles. The zero-order valence-corrected chi connectivity index (χ0v) is 11.8. The van der Waals surface area contributed by atoms with Crippen LogP contribution in [0.5, 0.6) is 0 Å². The Hall–Kier alpha value is -2.14. The minimum atomic E-state index is 0.605. The highest BCUT2D eigenvalue weighted by atomic mass is 16.5. The fourth-order valence-corrected chi connectivity index (χ4v) is 2.42. The molecule has 104 valence electrons. The maximum Gasteiger partial charge on any atom is 0.246 e. The van der Waals surface area contributed by atoms with Crippen molar-refractivity contribution in [3.63, 3.8) is 0 Å². The van der Waals surface area contributed by atoms with Gasteiger partial charge in [-0.25, -0.2) is 0 Å². The van der Waals surface area contributed by atoms with E-state index in [1.807, 2.05) is 6.92 Å². The molecule has 1 aromatic carbocycles. The van der Waals surface area contributed by atoms with Crippen molar-refractivity contribution >= 4 is 10.9 Å². The van der Waals surface area contributed by atoms with Gasteiger partial charge in [0, 0.05) is 12.7 Å². The van der Waals surface area contributed by atoms with Crippen LogP contribution in [-0.2, 0) is 13.1 Å². The molecule has 2 aromatic heterocycles. The van der Waals surface area contributed by atoms with Crippen LogP contribution in [0.4, 0.5) is 0 Å². The first-order valence-corrected chi connectivity index (χ1v) is 6.84. The zero-order valence-electron chi connectivity index (χ0n) is 11.8. The van der Waals surface area contributed by atoms with Crippen LogP contribution in [0.2, 0.25) is 0 Å². The van der Waals surface area contributed by atoms with Crippen LogP contribution < -0.4 is 5.32 Å². The normalized spacial score (nSPS) is 11.3. The van der Waals surface area contributed by atoms with Gasteiger partial charge in [0.05, 0.1) is 5.52 Å². The van der Waals surface area contributed by atoms with Crippen molar-refractivity contribution in [2.45, 2.75) is 26.9 Å². The number of aryl methyl sites for hydroxylation is 1. The lowest BCUT2D eigenvalue weighted by atomic mass is 10.1. The lowest BCUT2D eigenvalue weighted by molar-refractivity contribution is 0.369. The van der Waals surface area contributed by atoms with E-state index in [0.29, 0.717) is 18.3 Å². The number of benzene rings is 1. The standard InChI is InChI=1S/C15H18N4O/c1-3-16-9-13-6-4-5-12-7-8-19(15(12)13)10-14-17-11(2)18-20-14/h4-8,16H,3,9-10H2,1-2H3. The Kier molecular flexibility index (Phi) is 3.52. The Labute approximate surface area is 117 Å². The van der Waals surface area contributed by atoms with Gasteiger partial charge >= 0.3 is 0 Å². The largest absolute Gasteiger partial charge is 0.338 e. The van der Waals surface area contributed by atoms with Crippen molar-refractivity contribution in [1.82, 2.24) is 20.0 Å². The topological polar surface area (TPSA) is 55.9 Å². The van der Waals surface area contributed by atoms with Crippen molar-refractivity contribution in [3.8, 4) is 0 Å². The van der Waals surface area contributed by atoms with Crippen LogP contribution in [-0.4, -0.2) is 21.3 Å². The summed E-state index contributed by atoms with van der Waals surface area (Å²) in [5.74, 6) is 1.31. The molecule has 0 spiro atoms. The van der Waals surface area contributed by atoms with E-state index in [2.05, 4.69) is 57.4 Å². The summed E-state index contributed by atoms with van der Waals surface area (Å²) in [4.78, 5) is 4.27. The molecule has 0 atom stereocenters. The molecule has 3 aromatic rings. The Morgan fingerprint density at radius 3 is 2.95 bits per heavy atom. The third-order valence-electron chi connectivity index (χ3n) is 3.31. The quantitative estimate of drug-likeness (QED) is 0.774. The second kappa shape index (κ2) is 5.46. The molecule has 3 rings (SSSR count). The van der Waals surface area contributed by atoms with Gasteiger partial charge in [-0.15, -0.1) is 0 Å². The van der Waals surface area contributed by atoms with Crippen molar-refractivity contribution < 1.29 is 4.52 Å². The number of aromatic nitrogens is 3. The predicted molar refractivity (Wildman–Crippen MR) is 77.5 cm³/mol. The number of fused-ring (bicyclic) bond motifs is 1. The summed E-state index contributed by atoms with van der Waals surface area (Å²) in [6, 6.07) is 8.49. The summed E-state index contributed by atoms with van der Waals surface area (Å²) in [7, 11) is 0. The molecule has 0 amide bonds. The lowest BCUT2D eigenvalue weighted by Crippen LogP contribution is -2.13. The molecule has 0 radical (unpaired) electrons. The van der Waals surface area contributed by atoms with Gasteiger partial charge < -0.3 is 14.4 Å². The first kappa shape index (κ1) is 12.9. The highest BCUT2D eigenvalue weighted by Crippen LogP contribution is 2.21. The average Bonchev–Trinajstić information content (AvgIpc) is 3.04. The van der Waals surface area contributed by atoms with Gasteiger partial charge in [0.1, 0.15) is 6.54 Å². The molecule has 0 fully saturated rings. The van der Waals surface area contributed by atoms with Crippen LogP contribution in [0.15, 0.2) is 35.0 Å². The van der Waals surface area contributed by atoms with Crippen LogP contribution in [0.3, 0.4) is 0 Å². The van der Waals surface area contributed by atoms with Crippen molar-refractivity contribution in [2.24, 2.45) is 0 Å². The summed E-state index contributed by atoms with van der Waals surface area (Å²) in [6.07, 6.45) is 2.07. The Morgan fingerprint density at radius 1 is 1.30 bits per heavy atom. The molecule has 20 heavy (non-hydrogen) atoms. The van der Waals surface area contributed by atoms with Crippen LogP contribution in [0, 0.1) is 6.92 Å². The Morgan fingerprint density at radius 2 is 2.20 bits per heavy atom. The number of rotatable bonds is 5. The van der Waals surface area contributed by atoms with Gasteiger partial charge in [-0.1, -0.05) is 30.3 Å². The van der Waals surface area contributed by atoms with E-state index >= 15 is 0 Å². The van der Waals surface area contributed by atoms with Crippen LogP contribution >= 0.6 is 0 Å². The van der Waals surface area contributed by atoms with E-state index in [1.165, 1.54) is 16.5 Å². The fourth-order valence-electron chi connectivity index (χ4n) is 2.42. The molecule has 0 aliphatic heterocycles. The second-order valence-electron chi connectivity index (χ2n) is 4.81. The number of hydrogen-bond acceptors (Lipinski definition) is 4. The first-order chi connectivity index (χ1) is 9.78. The zero-order chi connectivity index (χ0) is 13.9. The summed E-state index contributed by atoms with van der Waals surface area (Å²) in [6.45, 7) is 6.37. The van der Waals surface area contributed by atoms with Gasteiger partial charge in [0.25, 0.3) is 0 Å². The van der Waals surface area contributed by atoms with Crippen LogP contribution in [0.1, 0.15) is 24.2 Å². The number of nitrogens with zero attached hydrogens (tertiary/aromatic N) is 3. The Bertz CT molecular complexity index is 714. The summed E-state index contributed by atoms with van der Waals surface area (Å²) in [5.41, 5.74) is 2.51. The summed E-state index contributed by atoms with van der Waals surface area (Å²) in [5, 5.41) is 8.45. The average molecular weight is 270 g/mol. The Balaban J connectivity index is 1.98. The van der Waals surface area contributed by atoms with E-state index in [4.69, 9.17) is 4.52 Å². The minimum Gasteiger partial charge on any atom is -0.338 e. The van der Waals surface area contributed by atoms with Gasteiger partial charge in [-0.3, -0.25) is 0 Å². The molecule has 0 saturated carbocycles. The summed E-state index contributed by atoms with van der Waals surface area (Å²) < 4.78 is 7.37. The predicted octanol–water partition coefficient (Wildman–Crippen LogP) is 2.49. The van der Waals surface area contributed by atoms with Crippen LogP contribution in [0.25, 0.3) is 10.9 Å². The molecular weight excluding hydrogens is 252 g/mol. The van der Waals surface area contributed by atoms with Crippen molar-refractivity contribution in [3.05, 3.63) is 47.7 Å². The van der Waals surface area contributed by atoms with E-state index in [1.54, 1.807) is 0 Å². The minimum absolute atomic E-state index is 0.605. The molecule has 5 heteroatoms.